The first kappa shape index (κ1) is 22.0. The molecule has 0 aliphatic rings. The third-order valence-electron chi connectivity index (χ3n) is 5.33. The highest BCUT2D eigenvalue weighted by Crippen LogP contribution is 2.22. The number of benzene rings is 2. The number of hydrogen-bond donors (Lipinski definition) is 2. The Morgan fingerprint density at radius 3 is 2.69 bits per heavy atom. The fourth-order valence-electron chi connectivity index (χ4n) is 3.62. The van der Waals surface area contributed by atoms with Gasteiger partial charge >= 0.3 is 0 Å². The van der Waals surface area contributed by atoms with Crippen molar-refractivity contribution in [1.29, 1.82) is 0 Å². The maximum absolute atomic E-state index is 12.8. The summed E-state index contributed by atoms with van der Waals surface area (Å²) in [6.45, 7) is 5.13. The Morgan fingerprint density at radius 2 is 1.97 bits per heavy atom. The fraction of sp³-hybridized carbons (Fsp3) is 0.200. The van der Waals surface area contributed by atoms with E-state index in [2.05, 4.69) is 42.3 Å². The number of ether oxygens (including phenoxy) is 1. The second kappa shape index (κ2) is 9.54. The molecular weight excluding hydrogens is 438 g/mol. The Hall–Kier alpha value is -3.16. The van der Waals surface area contributed by atoms with E-state index in [1.807, 2.05) is 46.7 Å². The van der Waals surface area contributed by atoms with Gasteiger partial charge in [0, 0.05) is 27.0 Å². The van der Waals surface area contributed by atoms with Gasteiger partial charge in [-0.05, 0) is 73.4 Å². The van der Waals surface area contributed by atoms with Crippen LogP contribution in [-0.2, 0) is 13.1 Å². The topological polar surface area (TPSA) is 57.4 Å². The van der Waals surface area contributed by atoms with Crippen molar-refractivity contribution < 1.29 is 4.74 Å². The molecule has 5 nitrogen and oxygen atoms in total. The van der Waals surface area contributed by atoms with Gasteiger partial charge in [-0.25, -0.2) is 0 Å². The van der Waals surface area contributed by atoms with E-state index in [1.54, 1.807) is 18.4 Å². The molecule has 0 amide bonds. The number of fused-ring (bicyclic) bond motifs is 1. The Labute approximate surface area is 196 Å². The number of thiocarbonyl (C=S) groups is 1. The number of anilines is 1. The Kier molecular flexibility index (Phi) is 6.58. The van der Waals surface area contributed by atoms with Gasteiger partial charge in [-0.15, -0.1) is 11.3 Å². The summed E-state index contributed by atoms with van der Waals surface area (Å²) in [4.78, 5) is 19.0. The molecule has 0 spiro atoms. The molecule has 0 aliphatic carbocycles. The van der Waals surface area contributed by atoms with Crippen molar-refractivity contribution in [1.82, 2.24) is 9.88 Å². The first-order chi connectivity index (χ1) is 15.4. The van der Waals surface area contributed by atoms with Gasteiger partial charge in [-0.3, -0.25) is 4.79 Å². The maximum atomic E-state index is 12.8. The van der Waals surface area contributed by atoms with Crippen molar-refractivity contribution in [2.24, 2.45) is 0 Å². The van der Waals surface area contributed by atoms with Gasteiger partial charge in [-0.2, -0.15) is 0 Å². The standard InChI is InChI=1S/C25H25N3O2S2/c1-16-6-8-22(17(2)11-16)27-25(31)28(15-21-5-4-10-32-21)14-19-12-18-13-20(30-3)7-9-23(18)26-24(19)29/h4-13H,14-15H2,1-3H3,(H,26,29)(H,27,31). The van der Waals surface area contributed by atoms with Gasteiger partial charge < -0.3 is 19.9 Å². The zero-order valence-electron chi connectivity index (χ0n) is 18.3. The maximum Gasteiger partial charge on any atom is 0.253 e. The molecule has 2 N–H and O–H groups in total. The van der Waals surface area contributed by atoms with Crippen LogP contribution < -0.4 is 15.6 Å². The van der Waals surface area contributed by atoms with Crippen molar-refractivity contribution >= 4 is 45.3 Å². The van der Waals surface area contributed by atoms with Crippen LogP contribution in [0.5, 0.6) is 5.75 Å². The number of pyridine rings is 1. The minimum atomic E-state index is -0.117. The lowest BCUT2D eigenvalue weighted by Gasteiger charge is -2.26. The summed E-state index contributed by atoms with van der Waals surface area (Å²) < 4.78 is 5.34. The molecule has 32 heavy (non-hydrogen) atoms. The summed E-state index contributed by atoms with van der Waals surface area (Å²) >= 11 is 7.46. The van der Waals surface area contributed by atoms with E-state index in [-0.39, 0.29) is 5.56 Å². The van der Waals surface area contributed by atoms with Crippen molar-refractivity contribution in [2.75, 3.05) is 12.4 Å². The number of aryl methyl sites for hydroxylation is 2. The van der Waals surface area contributed by atoms with E-state index in [1.165, 1.54) is 10.4 Å². The van der Waals surface area contributed by atoms with Gasteiger partial charge in [0.25, 0.3) is 5.56 Å². The minimum Gasteiger partial charge on any atom is -0.497 e. The minimum absolute atomic E-state index is 0.117. The largest absolute Gasteiger partial charge is 0.497 e. The molecule has 7 heteroatoms. The summed E-state index contributed by atoms with van der Waals surface area (Å²) in [6.07, 6.45) is 0. The number of aromatic nitrogens is 1. The van der Waals surface area contributed by atoms with Crippen molar-refractivity contribution in [3.63, 3.8) is 0 Å². The van der Waals surface area contributed by atoms with Crippen LogP contribution in [0, 0.1) is 13.8 Å². The quantitative estimate of drug-likeness (QED) is 0.364. The lowest BCUT2D eigenvalue weighted by molar-refractivity contribution is 0.414. The molecular formula is C25H25N3O2S2. The lowest BCUT2D eigenvalue weighted by Crippen LogP contribution is -2.35. The zero-order valence-corrected chi connectivity index (χ0v) is 19.9. The highest BCUT2D eigenvalue weighted by Gasteiger charge is 2.16. The molecule has 0 saturated carbocycles. The van der Waals surface area contributed by atoms with Crippen molar-refractivity contribution in [2.45, 2.75) is 26.9 Å². The molecule has 0 bridgehead atoms. The summed E-state index contributed by atoms with van der Waals surface area (Å²) in [5, 5.41) is 6.92. The van der Waals surface area contributed by atoms with Crippen LogP contribution >= 0.6 is 23.6 Å². The molecule has 0 atom stereocenters. The number of aromatic amines is 1. The van der Waals surface area contributed by atoms with Crippen LogP contribution in [0.4, 0.5) is 5.69 Å². The third kappa shape index (κ3) is 5.00. The Bertz CT molecular complexity index is 1310. The van der Waals surface area contributed by atoms with Gasteiger partial charge in [0.1, 0.15) is 5.75 Å². The van der Waals surface area contributed by atoms with Crippen molar-refractivity contribution in [3.8, 4) is 5.75 Å². The second-order valence-corrected chi connectivity index (χ2v) is 9.18. The molecule has 0 radical (unpaired) electrons. The summed E-state index contributed by atoms with van der Waals surface area (Å²) in [5.74, 6) is 0.748. The van der Waals surface area contributed by atoms with E-state index >= 15 is 0 Å². The van der Waals surface area contributed by atoms with Crippen LogP contribution in [0.1, 0.15) is 21.6 Å². The smallest absolute Gasteiger partial charge is 0.253 e. The number of H-pyrrole nitrogens is 1. The predicted octanol–water partition coefficient (Wildman–Crippen LogP) is 5.61. The average molecular weight is 464 g/mol. The number of nitrogens with zero attached hydrogens (tertiary/aromatic N) is 1. The van der Waals surface area contributed by atoms with Gasteiger partial charge in [-0.1, -0.05) is 23.8 Å². The molecule has 2 aromatic heterocycles. The number of thiophene rings is 1. The van der Waals surface area contributed by atoms with Gasteiger partial charge in [0.2, 0.25) is 0 Å². The van der Waals surface area contributed by atoms with E-state index < -0.39 is 0 Å². The Morgan fingerprint density at radius 1 is 1.12 bits per heavy atom. The van der Waals surface area contributed by atoms with Crippen LogP contribution in [0.2, 0.25) is 0 Å². The second-order valence-electron chi connectivity index (χ2n) is 7.76. The summed E-state index contributed by atoms with van der Waals surface area (Å²) in [5.41, 5.74) is 4.60. The van der Waals surface area contributed by atoms with Gasteiger partial charge in [0.15, 0.2) is 5.11 Å². The SMILES string of the molecule is COc1ccc2[nH]c(=O)c(CN(Cc3cccs3)C(=S)Nc3ccc(C)cc3C)cc2c1. The average Bonchev–Trinajstić information content (AvgIpc) is 3.28. The molecule has 0 unspecified atom stereocenters. The monoisotopic (exact) mass is 463 g/mol. The number of methoxy groups -OCH3 is 1. The van der Waals surface area contributed by atoms with Crippen LogP contribution in [0.25, 0.3) is 10.9 Å². The summed E-state index contributed by atoms with van der Waals surface area (Å²) in [6, 6.07) is 17.8. The number of rotatable bonds is 6. The van der Waals surface area contributed by atoms with Crippen molar-refractivity contribution in [3.05, 3.63) is 91.9 Å². The molecule has 0 fully saturated rings. The lowest BCUT2D eigenvalue weighted by atomic mass is 10.1. The first-order valence-electron chi connectivity index (χ1n) is 10.3. The van der Waals surface area contributed by atoms with Gasteiger partial charge in [0.05, 0.1) is 20.2 Å². The normalized spacial score (nSPS) is 10.8. The molecule has 4 rings (SSSR count). The molecule has 164 valence electrons. The molecule has 2 heterocycles. The third-order valence-corrected chi connectivity index (χ3v) is 6.55. The first-order valence-corrected chi connectivity index (χ1v) is 11.6. The summed E-state index contributed by atoms with van der Waals surface area (Å²) in [7, 11) is 1.63. The van der Waals surface area contributed by atoms with Crippen LogP contribution in [0.3, 0.4) is 0 Å². The fourth-order valence-corrected chi connectivity index (χ4v) is 4.58. The van der Waals surface area contributed by atoms with Crippen LogP contribution in [0.15, 0.2) is 64.8 Å². The van der Waals surface area contributed by atoms with E-state index in [4.69, 9.17) is 17.0 Å². The molecule has 4 aromatic rings. The Balaban J connectivity index is 1.65. The predicted molar refractivity (Wildman–Crippen MR) is 137 cm³/mol. The van der Waals surface area contributed by atoms with Crippen LogP contribution in [-0.4, -0.2) is 22.1 Å². The number of nitrogens with one attached hydrogen (secondary N) is 2. The molecule has 2 aromatic carbocycles. The molecule has 0 aliphatic heterocycles. The molecule has 0 saturated heterocycles. The van der Waals surface area contributed by atoms with E-state index in [9.17, 15) is 4.79 Å². The highest BCUT2D eigenvalue weighted by atomic mass is 32.1. The number of hydrogen-bond acceptors (Lipinski definition) is 4. The van der Waals surface area contributed by atoms with E-state index in [0.29, 0.717) is 23.8 Å². The zero-order chi connectivity index (χ0) is 22.7. The highest BCUT2D eigenvalue weighted by molar-refractivity contribution is 7.80. The van der Waals surface area contributed by atoms with E-state index in [0.717, 1.165) is 27.9 Å².